The Morgan fingerprint density at radius 3 is 1.94 bits per heavy atom. The predicted octanol–water partition coefficient (Wildman–Crippen LogP) is 3.54. The minimum absolute atomic E-state index is 0.192. The summed E-state index contributed by atoms with van der Waals surface area (Å²) in [5.74, 6) is 0. The first-order valence-electron chi connectivity index (χ1n) is 5.74. The van der Waals surface area contributed by atoms with Gasteiger partial charge in [0.05, 0.1) is 5.57 Å². The first kappa shape index (κ1) is 13.3. The van der Waals surface area contributed by atoms with Crippen LogP contribution in [0.1, 0.15) is 37.5 Å². The van der Waals surface area contributed by atoms with Crippen LogP contribution in [-0.4, -0.2) is 0 Å². The summed E-state index contributed by atoms with van der Waals surface area (Å²) in [4.78, 5) is 0. The average molecular weight is 228 g/mol. The van der Waals surface area contributed by atoms with E-state index in [1.54, 1.807) is 0 Å². The van der Waals surface area contributed by atoms with Gasteiger partial charge < -0.3 is 5.73 Å². The van der Waals surface area contributed by atoms with Crippen molar-refractivity contribution in [1.82, 2.24) is 0 Å². The SMILES string of the molecule is Cc1cc(C)cc(/C(C#N)=C(\N)C(C)(C)C)c1. The van der Waals surface area contributed by atoms with Gasteiger partial charge in [-0.15, -0.1) is 0 Å². The highest BCUT2D eigenvalue weighted by Crippen LogP contribution is 2.29. The molecule has 17 heavy (non-hydrogen) atoms. The molecule has 0 bridgehead atoms. The fourth-order valence-corrected chi connectivity index (χ4v) is 1.77. The van der Waals surface area contributed by atoms with E-state index >= 15 is 0 Å². The first-order valence-corrected chi connectivity index (χ1v) is 5.74. The van der Waals surface area contributed by atoms with Crippen molar-refractivity contribution in [3.8, 4) is 6.07 Å². The Kier molecular flexibility index (Phi) is 3.63. The Balaban J connectivity index is 3.44. The summed E-state index contributed by atoms with van der Waals surface area (Å²) in [6, 6.07) is 8.33. The summed E-state index contributed by atoms with van der Waals surface area (Å²) < 4.78 is 0. The maximum Gasteiger partial charge on any atom is 0.102 e. The number of benzene rings is 1. The van der Waals surface area contributed by atoms with Gasteiger partial charge in [0.1, 0.15) is 6.07 Å². The van der Waals surface area contributed by atoms with E-state index in [4.69, 9.17) is 5.73 Å². The molecule has 0 aliphatic carbocycles. The molecule has 0 aromatic heterocycles. The summed E-state index contributed by atoms with van der Waals surface area (Å²) in [6.07, 6.45) is 0. The lowest BCUT2D eigenvalue weighted by Gasteiger charge is -2.21. The fourth-order valence-electron chi connectivity index (χ4n) is 1.77. The molecule has 0 atom stereocenters. The number of aryl methyl sites for hydroxylation is 2. The molecule has 1 aromatic carbocycles. The van der Waals surface area contributed by atoms with Crippen LogP contribution in [0.5, 0.6) is 0 Å². The van der Waals surface area contributed by atoms with Crippen molar-refractivity contribution in [2.45, 2.75) is 34.6 Å². The molecule has 0 aliphatic rings. The molecule has 0 fully saturated rings. The Bertz CT molecular complexity index is 476. The second-order valence-corrected chi connectivity index (χ2v) is 5.53. The molecular weight excluding hydrogens is 208 g/mol. The van der Waals surface area contributed by atoms with Crippen molar-refractivity contribution in [2.75, 3.05) is 0 Å². The van der Waals surface area contributed by atoms with Gasteiger partial charge in [0.15, 0.2) is 0 Å². The average Bonchev–Trinajstić information content (AvgIpc) is 2.15. The third-order valence-electron chi connectivity index (χ3n) is 2.70. The van der Waals surface area contributed by atoms with E-state index in [2.05, 4.69) is 12.1 Å². The van der Waals surface area contributed by atoms with Crippen LogP contribution >= 0.6 is 0 Å². The van der Waals surface area contributed by atoms with Crippen LogP contribution in [0.2, 0.25) is 0 Å². The molecule has 0 saturated heterocycles. The molecule has 1 aromatic rings. The lowest BCUT2D eigenvalue weighted by atomic mass is 9.87. The van der Waals surface area contributed by atoms with Gasteiger partial charge in [-0.05, 0) is 19.4 Å². The molecule has 0 saturated carbocycles. The van der Waals surface area contributed by atoms with E-state index < -0.39 is 0 Å². The number of rotatable bonds is 1. The van der Waals surface area contributed by atoms with Crippen LogP contribution in [-0.2, 0) is 0 Å². The molecule has 0 amide bonds. The second-order valence-electron chi connectivity index (χ2n) is 5.53. The Labute approximate surface area is 104 Å². The maximum absolute atomic E-state index is 9.31. The molecule has 1 rings (SSSR count). The zero-order valence-electron chi connectivity index (χ0n) is 11.3. The van der Waals surface area contributed by atoms with Crippen molar-refractivity contribution in [2.24, 2.45) is 11.1 Å². The molecule has 2 N–H and O–H groups in total. The van der Waals surface area contributed by atoms with Gasteiger partial charge in [-0.2, -0.15) is 5.26 Å². The van der Waals surface area contributed by atoms with Gasteiger partial charge >= 0.3 is 0 Å². The number of nitriles is 1. The largest absolute Gasteiger partial charge is 0.401 e. The Morgan fingerprint density at radius 2 is 1.59 bits per heavy atom. The van der Waals surface area contributed by atoms with Crippen LogP contribution in [0, 0.1) is 30.6 Å². The van der Waals surface area contributed by atoms with Crippen LogP contribution in [0.25, 0.3) is 5.57 Å². The van der Waals surface area contributed by atoms with Gasteiger partial charge in [0.2, 0.25) is 0 Å². The lowest BCUT2D eigenvalue weighted by molar-refractivity contribution is 0.500. The second kappa shape index (κ2) is 4.63. The minimum Gasteiger partial charge on any atom is -0.401 e. The van der Waals surface area contributed by atoms with Gasteiger partial charge in [-0.25, -0.2) is 0 Å². The highest BCUT2D eigenvalue weighted by molar-refractivity contribution is 5.80. The van der Waals surface area contributed by atoms with Crippen LogP contribution in [0.4, 0.5) is 0 Å². The van der Waals surface area contributed by atoms with E-state index in [0.29, 0.717) is 11.3 Å². The summed E-state index contributed by atoms with van der Waals surface area (Å²) in [7, 11) is 0. The van der Waals surface area contributed by atoms with E-state index in [-0.39, 0.29) is 5.41 Å². The molecule has 0 unspecified atom stereocenters. The Hall–Kier alpha value is -1.75. The maximum atomic E-state index is 9.31. The number of hydrogen-bond acceptors (Lipinski definition) is 2. The summed E-state index contributed by atoms with van der Waals surface area (Å²) in [6.45, 7) is 10.1. The normalized spacial score (nSPS) is 12.9. The molecule has 2 nitrogen and oxygen atoms in total. The van der Waals surface area contributed by atoms with E-state index in [1.807, 2.05) is 46.8 Å². The van der Waals surface area contributed by atoms with Crippen molar-refractivity contribution >= 4 is 5.57 Å². The quantitative estimate of drug-likeness (QED) is 0.747. The number of hydrogen-bond donors (Lipinski definition) is 1. The third-order valence-corrected chi connectivity index (χ3v) is 2.70. The van der Waals surface area contributed by atoms with Crippen LogP contribution in [0.15, 0.2) is 23.9 Å². The number of allylic oxidation sites excluding steroid dienone is 2. The lowest BCUT2D eigenvalue weighted by Crippen LogP contribution is -2.19. The molecule has 0 spiro atoms. The van der Waals surface area contributed by atoms with Crippen molar-refractivity contribution in [1.29, 1.82) is 5.26 Å². The van der Waals surface area contributed by atoms with Crippen LogP contribution < -0.4 is 5.73 Å². The third kappa shape index (κ3) is 3.10. The highest BCUT2D eigenvalue weighted by atomic mass is 14.6. The number of nitrogens with two attached hydrogens (primary N) is 1. The molecule has 0 radical (unpaired) electrons. The summed E-state index contributed by atoms with van der Waals surface area (Å²) >= 11 is 0. The smallest absolute Gasteiger partial charge is 0.102 e. The number of nitrogens with zero attached hydrogens (tertiary/aromatic N) is 1. The zero-order chi connectivity index (χ0) is 13.2. The minimum atomic E-state index is -0.192. The van der Waals surface area contributed by atoms with Gasteiger partial charge in [-0.1, -0.05) is 50.1 Å². The first-order chi connectivity index (χ1) is 7.75. The topological polar surface area (TPSA) is 49.8 Å². The van der Waals surface area contributed by atoms with Crippen molar-refractivity contribution in [3.63, 3.8) is 0 Å². The molecule has 2 heteroatoms. The van der Waals surface area contributed by atoms with Gasteiger partial charge in [0, 0.05) is 11.1 Å². The van der Waals surface area contributed by atoms with E-state index in [1.165, 1.54) is 0 Å². The van der Waals surface area contributed by atoms with Gasteiger partial charge in [-0.3, -0.25) is 0 Å². The molecular formula is C15H20N2. The van der Waals surface area contributed by atoms with Gasteiger partial charge in [0.25, 0.3) is 0 Å². The zero-order valence-corrected chi connectivity index (χ0v) is 11.3. The summed E-state index contributed by atoms with van der Waals surface area (Å²) in [5.41, 5.74) is 10.3. The van der Waals surface area contributed by atoms with Crippen molar-refractivity contribution < 1.29 is 0 Å². The fraction of sp³-hybridized carbons (Fsp3) is 0.400. The van der Waals surface area contributed by atoms with Crippen molar-refractivity contribution in [3.05, 3.63) is 40.6 Å². The van der Waals surface area contributed by atoms with E-state index in [0.717, 1.165) is 16.7 Å². The molecule has 90 valence electrons. The molecule has 0 heterocycles. The molecule has 0 aliphatic heterocycles. The highest BCUT2D eigenvalue weighted by Gasteiger charge is 2.19. The van der Waals surface area contributed by atoms with Crippen LogP contribution in [0.3, 0.4) is 0 Å². The predicted molar refractivity (Wildman–Crippen MR) is 72.1 cm³/mol. The summed E-state index contributed by atoms with van der Waals surface area (Å²) in [5, 5.41) is 9.31. The standard InChI is InChI=1S/C15H20N2/c1-10-6-11(2)8-12(7-10)13(9-16)14(17)15(3,4)5/h6-8H,17H2,1-5H3/b14-13-. The monoisotopic (exact) mass is 228 g/mol. The Morgan fingerprint density at radius 1 is 1.12 bits per heavy atom. The van der Waals surface area contributed by atoms with E-state index in [9.17, 15) is 5.26 Å².